The number of hydrogen-bond acceptors (Lipinski definition) is 2. The Morgan fingerprint density at radius 1 is 1.40 bits per heavy atom. The molecule has 0 radical (unpaired) electrons. The predicted molar refractivity (Wildman–Crippen MR) is 49.1 cm³/mol. The quantitative estimate of drug-likeness (QED) is 0.747. The second kappa shape index (κ2) is 5.95. The van der Waals surface area contributed by atoms with Crippen LogP contribution in [0.4, 0.5) is 13.2 Å². The maximum absolute atomic E-state index is 11.8. The van der Waals surface area contributed by atoms with Crippen LogP contribution in [0.25, 0.3) is 0 Å². The molecule has 0 aromatic rings. The van der Waals surface area contributed by atoms with Gasteiger partial charge in [-0.05, 0) is 12.3 Å². The Kier molecular flexibility index (Phi) is 5.64. The topological polar surface area (TPSA) is 49.3 Å². The summed E-state index contributed by atoms with van der Waals surface area (Å²) in [5, 5.41) is 10.9. The van der Waals surface area contributed by atoms with Gasteiger partial charge in [-0.2, -0.15) is 13.2 Å². The summed E-state index contributed by atoms with van der Waals surface area (Å²) >= 11 is 0. The Morgan fingerprint density at radius 2 is 1.93 bits per heavy atom. The van der Waals surface area contributed by atoms with Crippen LogP contribution in [0.15, 0.2) is 0 Å². The number of aliphatic hydroxyl groups excluding tert-OH is 1. The molecule has 1 unspecified atom stereocenters. The zero-order valence-corrected chi connectivity index (χ0v) is 8.77. The van der Waals surface area contributed by atoms with Crippen LogP contribution in [0.1, 0.15) is 26.7 Å². The van der Waals surface area contributed by atoms with Crippen molar-refractivity contribution in [1.82, 2.24) is 5.32 Å². The third-order valence-electron chi connectivity index (χ3n) is 1.95. The van der Waals surface area contributed by atoms with Crippen LogP contribution in [0.2, 0.25) is 0 Å². The van der Waals surface area contributed by atoms with Crippen molar-refractivity contribution in [2.75, 3.05) is 6.61 Å². The monoisotopic (exact) mass is 227 g/mol. The van der Waals surface area contributed by atoms with Crippen molar-refractivity contribution in [2.24, 2.45) is 5.92 Å². The largest absolute Gasteiger partial charge is 0.397 e. The van der Waals surface area contributed by atoms with Crippen molar-refractivity contribution in [1.29, 1.82) is 0 Å². The number of nitrogens with one attached hydrogen (secondary N) is 1. The van der Waals surface area contributed by atoms with Crippen molar-refractivity contribution in [3.8, 4) is 0 Å². The fourth-order valence-electron chi connectivity index (χ4n) is 1.15. The van der Waals surface area contributed by atoms with E-state index in [1.807, 2.05) is 0 Å². The molecule has 1 amide bonds. The van der Waals surface area contributed by atoms with Gasteiger partial charge in [0.25, 0.3) is 0 Å². The first-order valence-electron chi connectivity index (χ1n) is 4.73. The summed E-state index contributed by atoms with van der Waals surface area (Å²) in [5.74, 6) is -1.05. The number of aliphatic hydroxyl groups is 1. The van der Waals surface area contributed by atoms with Crippen LogP contribution in [0.5, 0.6) is 0 Å². The van der Waals surface area contributed by atoms with Crippen molar-refractivity contribution in [3.05, 3.63) is 0 Å². The fraction of sp³-hybridized carbons (Fsp3) is 0.889. The molecule has 0 aromatic heterocycles. The van der Waals surface area contributed by atoms with E-state index in [9.17, 15) is 18.0 Å². The number of amides is 1. The average molecular weight is 227 g/mol. The minimum atomic E-state index is -4.48. The summed E-state index contributed by atoms with van der Waals surface area (Å²) in [6.45, 7) is 3.39. The number of halogens is 3. The summed E-state index contributed by atoms with van der Waals surface area (Å²) < 4.78 is 35.5. The van der Waals surface area contributed by atoms with Gasteiger partial charge in [-0.1, -0.05) is 13.8 Å². The first-order valence-corrected chi connectivity index (χ1v) is 4.73. The van der Waals surface area contributed by atoms with Gasteiger partial charge in [0.05, 0.1) is 0 Å². The van der Waals surface area contributed by atoms with Gasteiger partial charge in [-0.15, -0.1) is 0 Å². The van der Waals surface area contributed by atoms with E-state index < -0.39 is 24.5 Å². The van der Waals surface area contributed by atoms with Gasteiger partial charge in [-0.3, -0.25) is 4.79 Å². The van der Waals surface area contributed by atoms with E-state index in [-0.39, 0.29) is 18.9 Å². The average Bonchev–Trinajstić information content (AvgIpc) is 1.99. The Balaban J connectivity index is 4.11. The lowest BCUT2D eigenvalue weighted by Crippen LogP contribution is -2.40. The minimum absolute atomic E-state index is 0.00525. The highest BCUT2D eigenvalue weighted by Gasteiger charge is 2.32. The third-order valence-corrected chi connectivity index (χ3v) is 1.95. The second-order valence-electron chi connectivity index (χ2n) is 3.72. The maximum atomic E-state index is 11.8. The van der Waals surface area contributed by atoms with Gasteiger partial charge in [0.1, 0.15) is 6.42 Å². The Labute approximate surface area is 86.7 Å². The fourth-order valence-corrected chi connectivity index (χ4v) is 1.15. The van der Waals surface area contributed by atoms with Gasteiger partial charge >= 0.3 is 6.18 Å². The SMILES string of the molecule is CC(C)C(CCO)NC(=O)CC(F)(F)F. The molecule has 0 heterocycles. The standard InChI is InChI=1S/C9H16F3NO2/c1-6(2)7(3-4-14)13-8(15)5-9(10,11)12/h6-7,14H,3-5H2,1-2H3,(H,13,15). The van der Waals surface area contributed by atoms with Gasteiger partial charge in [-0.25, -0.2) is 0 Å². The number of carbonyl (C=O) groups is 1. The Morgan fingerprint density at radius 3 is 2.27 bits per heavy atom. The van der Waals surface area contributed by atoms with E-state index in [2.05, 4.69) is 5.32 Å². The van der Waals surface area contributed by atoms with Crippen LogP contribution < -0.4 is 5.32 Å². The minimum Gasteiger partial charge on any atom is -0.396 e. The van der Waals surface area contributed by atoms with Crippen LogP contribution in [-0.4, -0.2) is 29.8 Å². The number of alkyl halides is 3. The lowest BCUT2D eigenvalue weighted by atomic mass is 10.0. The highest BCUT2D eigenvalue weighted by molar-refractivity contribution is 5.76. The molecule has 2 N–H and O–H groups in total. The van der Waals surface area contributed by atoms with Crippen molar-refractivity contribution in [2.45, 2.75) is 38.9 Å². The van der Waals surface area contributed by atoms with E-state index in [1.165, 1.54) is 0 Å². The molecular formula is C9H16F3NO2. The molecule has 0 bridgehead atoms. The highest BCUT2D eigenvalue weighted by Crippen LogP contribution is 2.19. The summed E-state index contributed by atoms with van der Waals surface area (Å²) in [6, 6.07) is -0.412. The first-order chi connectivity index (χ1) is 6.76. The lowest BCUT2D eigenvalue weighted by molar-refractivity contribution is -0.154. The third kappa shape index (κ3) is 7.18. The molecule has 0 aromatic carbocycles. The van der Waals surface area contributed by atoms with Gasteiger partial charge < -0.3 is 10.4 Å². The maximum Gasteiger partial charge on any atom is 0.397 e. The number of carbonyl (C=O) groups excluding carboxylic acids is 1. The molecule has 0 aliphatic heterocycles. The van der Waals surface area contributed by atoms with Gasteiger partial charge in [0.15, 0.2) is 0 Å². The number of rotatable bonds is 5. The van der Waals surface area contributed by atoms with Crippen LogP contribution in [-0.2, 0) is 4.79 Å². The molecule has 0 aliphatic carbocycles. The summed E-state index contributed by atoms with van der Waals surface area (Å²) in [4.78, 5) is 10.9. The molecular weight excluding hydrogens is 211 g/mol. The molecule has 0 saturated heterocycles. The van der Waals surface area contributed by atoms with Crippen molar-refractivity contribution < 1.29 is 23.1 Å². The van der Waals surface area contributed by atoms with Gasteiger partial charge in [0.2, 0.25) is 5.91 Å². The zero-order chi connectivity index (χ0) is 12.1. The molecule has 0 rings (SSSR count). The van der Waals surface area contributed by atoms with E-state index in [4.69, 9.17) is 5.11 Å². The Hall–Kier alpha value is -0.780. The van der Waals surface area contributed by atoms with Crippen molar-refractivity contribution >= 4 is 5.91 Å². The highest BCUT2D eigenvalue weighted by atomic mass is 19.4. The van der Waals surface area contributed by atoms with Crippen molar-refractivity contribution in [3.63, 3.8) is 0 Å². The van der Waals surface area contributed by atoms with Gasteiger partial charge in [0, 0.05) is 12.6 Å². The molecule has 0 aliphatic rings. The van der Waals surface area contributed by atoms with E-state index in [1.54, 1.807) is 13.8 Å². The van der Waals surface area contributed by atoms with Crippen LogP contribution >= 0.6 is 0 Å². The zero-order valence-electron chi connectivity index (χ0n) is 8.77. The molecule has 3 nitrogen and oxygen atoms in total. The molecule has 0 fully saturated rings. The number of hydrogen-bond donors (Lipinski definition) is 2. The summed E-state index contributed by atoms with van der Waals surface area (Å²) in [6.07, 6.45) is -5.69. The van der Waals surface area contributed by atoms with Crippen LogP contribution in [0.3, 0.4) is 0 Å². The van der Waals surface area contributed by atoms with E-state index in [0.29, 0.717) is 0 Å². The molecule has 1 atom stereocenters. The summed E-state index contributed by atoms with van der Waals surface area (Å²) in [5.41, 5.74) is 0. The lowest BCUT2D eigenvalue weighted by Gasteiger charge is -2.21. The van der Waals surface area contributed by atoms with E-state index >= 15 is 0 Å². The summed E-state index contributed by atoms with van der Waals surface area (Å²) in [7, 11) is 0. The normalized spacial score (nSPS) is 14.1. The predicted octanol–water partition coefficient (Wildman–Crippen LogP) is 1.46. The van der Waals surface area contributed by atoms with E-state index in [0.717, 1.165) is 0 Å². The molecule has 15 heavy (non-hydrogen) atoms. The molecule has 90 valence electrons. The smallest absolute Gasteiger partial charge is 0.396 e. The first kappa shape index (κ1) is 14.2. The molecule has 0 saturated carbocycles. The Bertz CT molecular complexity index is 204. The molecule has 0 spiro atoms. The van der Waals surface area contributed by atoms with Crippen LogP contribution in [0, 0.1) is 5.92 Å². The second-order valence-corrected chi connectivity index (χ2v) is 3.72. The molecule has 6 heteroatoms.